The summed E-state index contributed by atoms with van der Waals surface area (Å²) in [5.41, 5.74) is 0.786. The molecule has 4 nitrogen and oxygen atoms in total. The molecule has 0 radical (unpaired) electrons. The van der Waals surface area contributed by atoms with Gasteiger partial charge in [-0.2, -0.15) is 0 Å². The lowest BCUT2D eigenvalue weighted by atomic mass is 10.0. The number of carbonyl (C=O) groups is 1. The highest BCUT2D eigenvalue weighted by Gasteiger charge is 2.38. The fourth-order valence-corrected chi connectivity index (χ4v) is 3.04. The lowest BCUT2D eigenvalue weighted by Gasteiger charge is -2.16. The van der Waals surface area contributed by atoms with Crippen molar-refractivity contribution in [2.45, 2.75) is 44.5 Å². The zero-order valence-electron chi connectivity index (χ0n) is 12.9. The topological polar surface area (TPSA) is 59.1 Å². The molecular formula is C18H19ClO4. The van der Waals surface area contributed by atoms with Gasteiger partial charge in [-0.05, 0) is 37.5 Å². The average molecular weight is 335 g/mol. The molecule has 23 heavy (non-hydrogen) atoms. The molecule has 5 heteroatoms. The highest BCUT2D eigenvalue weighted by atomic mass is 35.5. The van der Waals surface area contributed by atoms with Crippen LogP contribution in [0.1, 0.15) is 35.7 Å². The molecule has 0 saturated carbocycles. The van der Waals surface area contributed by atoms with Crippen LogP contribution in [-0.2, 0) is 15.9 Å². The van der Waals surface area contributed by atoms with Crippen molar-refractivity contribution in [3.8, 4) is 5.75 Å². The number of aromatic hydroxyl groups is 1. The molecule has 2 aliphatic rings. The molecule has 3 rings (SSSR count). The Bertz CT molecular complexity index is 665. The summed E-state index contributed by atoms with van der Waals surface area (Å²) in [5.74, 6) is -0.639. The first-order valence-electron chi connectivity index (χ1n) is 7.76. The van der Waals surface area contributed by atoms with Gasteiger partial charge in [0.1, 0.15) is 23.5 Å². The first-order valence-corrected chi connectivity index (χ1v) is 8.14. The molecule has 122 valence electrons. The second kappa shape index (κ2) is 6.77. The Labute approximate surface area is 140 Å². The molecule has 1 saturated heterocycles. The minimum atomic E-state index is -0.540. The van der Waals surface area contributed by atoms with Gasteiger partial charge in [0, 0.05) is 11.4 Å². The quantitative estimate of drug-likeness (QED) is 0.579. The third-order valence-electron chi connectivity index (χ3n) is 4.04. The van der Waals surface area contributed by atoms with Crippen LogP contribution >= 0.6 is 11.6 Å². The smallest absolute Gasteiger partial charge is 0.342 e. The van der Waals surface area contributed by atoms with Crippen molar-refractivity contribution in [1.29, 1.82) is 0 Å². The van der Waals surface area contributed by atoms with Gasteiger partial charge in [-0.1, -0.05) is 35.9 Å². The Morgan fingerprint density at radius 3 is 2.96 bits per heavy atom. The molecule has 1 N–H and O–H groups in total. The summed E-state index contributed by atoms with van der Waals surface area (Å²) < 4.78 is 11.0. The van der Waals surface area contributed by atoms with E-state index in [1.54, 1.807) is 6.07 Å². The first kappa shape index (κ1) is 16.1. The fraction of sp³-hybridized carbons (Fsp3) is 0.389. The second-order valence-corrected chi connectivity index (χ2v) is 6.27. The number of fused-ring (bicyclic) bond motifs is 2. The Morgan fingerprint density at radius 2 is 2.13 bits per heavy atom. The molecule has 2 aliphatic heterocycles. The number of hydrogen-bond acceptors (Lipinski definition) is 4. The van der Waals surface area contributed by atoms with Gasteiger partial charge in [-0.3, -0.25) is 0 Å². The monoisotopic (exact) mass is 334 g/mol. The molecule has 0 amide bonds. The van der Waals surface area contributed by atoms with E-state index in [2.05, 4.69) is 0 Å². The number of phenolic OH excluding ortho intramolecular Hbond substituents is 1. The van der Waals surface area contributed by atoms with E-state index in [-0.39, 0.29) is 29.6 Å². The van der Waals surface area contributed by atoms with E-state index < -0.39 is 5.97 Å². The molecular weight excluding hydrogens is 316 g/mol. The molecule has 3 unspecified atom stereocenters. The van der Waals surface area contributed by atoms with Gasteiger partial charge in [0.25, 0.3) is 0 Å². The SMILES string of the molecule is CC1CC2OC2C=CC=CCCc2c(Cl)ccc(O)c2C(=O)O1. The zero-order valence-corrected chi connectivity index (χ0v) is 13.6. The molecule has 0 spiro atoms. The average Bonchev–Trinajstić information content (AvgIpc) is 3.22. The zero-order chi connectivity index (χ0) is 16.4. The molecule has 1 fully saturated rings. The Kier molecular flexibility index (Phi) is 4.74. The Balaban J connectivity index is 1.91. The maximum absolute atomic E-state index is 12.5. The highest BCUT2D eigenvalue weighted by molar-refractivity contribution is 6.32. The van der Waals surface area contributed by atoms with Gasteiger partial charge >= 0.3 is 5.97 Å². The van der Waals surface area contributed by atoms with E-state index in [1.165, 1.54) is 6.07 Å². The van der Waals surface area contributed by atoms with Gasteiger partial charge < -0.3 is 14.6 Å². The largest absolute Gasteiger partial charge is 0.507 e. The normalized spacial score (nSPS) is 27.6. The highest BCUT2D eigenvalue weighted by Crippen LogP contribution is 2.32. The number of ether oxygens (including phenoxy) is 2. The van der Waals surface area contributed by atoms with Crippen LogP contribution in [0, 0.1) is 0 Å². The fourth-order valence-electron chi connectivity index (χ4n) is 2.79. The molecule has 0 aliphatic carbocycles. The van der Waals surface area contributed by atoms with E-state index in [1.807, 2.05) is 31.2 Å². The summed E-state index contributed by atoms with van der Waals surface area (Å²) in [6.45, 7) is 1.83. The lowest BCUT2D eigenvalue weighted by molar-refractivity contribution is 0.0305. The summed E-state index contributed by atoms with van der Waals surface area (Å²) in [4.78, 5) is 12.5. The maximum Gasteiger partial charge on any atom is 0.342 e. The van der Waals surface area contributed by atoms with Crippen molar-refractivity contribution in [3.05, 3.63) is 52.6 Å². The third-order valence-corrected chi connectivity index (χ3v) is 4.40. The van der Waals surface area contributed by atoms with Gasteiger partial charge in [-0.15, -0.1) is 0 Å². The van der Waals surface area contributed by atoms with Crippen LogP contribution < -0.4 is 0 Å². The molecule has 0 bridgehead atoms. The lowest BCUT2D eigenvalue weighted by Crippen LogP contribution is -2.19. The van der Waals surface area contributed by atoms with Crippen LogP contribution in [0.5, 0.6) is 5.75 Å². The van der Waals surface area contributed by atoms with Crippen LogP contribution in [0.25, 0.3) is 0 Å². The summed E-state index contributed by atoms with van der Waals surface area (Å²) in [6.07, 6.45) is 9.71. The number of allylic oxidation sites excluding steroid dienone is 3. The van der Waals surface area contributed by atoms with Crippen molar-refractivity contribution >= 4 is 17.6 Å². The molecule has 0 aromatic heterocycles. The minimum Gasteiger partial charge on any atom is -0.507 e. The van der Waals surface area contributed by atoms with Crippen molar-refractivity contribution in [3.63, 3.8) is 0 Å². The van der Waals surface area contributed by atoms with Gasteiger partial charge in [-0.25, -0.2) is 4.79 Å². The number of carbonyl (C=O) groups excluding carboxylic acids is 1. The van der Waals surface area contributed by atoms with Crippen LogP contribution in [0.2, 0.25) is 5.02 Å². The van der Waals surface area contributed by atoms with Crippen LogP contribution in [0.3, 0.4) is 0 Å². The van der Waals surface area contributed by atoms with E-state index >= 15 is 0 Å². The predicted octanol–water partition coefficient (Wildman–Crippen LogP) is 3.81. The predicted molar refractivity (Wildman–Crippen MR) is 87.9 cm³/mol. The van der Waals surface area contributed by atoms with Gasteiger partial charge in [0.2, 0.25) is 0 Å². The summed E-state index contributed by atoms with van der Waals surface area (Å²) in [7, 11) is 0. The second-order valence-electron chi connectivity index (χ2n) is 5.86. The van der Waals surface area contributed by atoms with E-state index in [0.29, 0.717) is 29.8 Å². The van der Waals surface area contributed by atoms with E-state index in [0.717, 1.165) is 0 Å². The number of benzene rings is 1. The number of hydrogen-bond donors (Lipinski definition) is 1. The summed E-state index contributed by atoms with van der Waals surface area (Å²) in [6, 6.07) is 3.02. The summed E-state index contributed by atoms with van der Waals surface area (Å²) in [5, 5.41) is 10.6. The Morgan fingerprint density at radius 1 is 1.30 bits per heavy atom. The van der Waals surface area contributed by atoms with Crippen LogP contribution in [0.15, 0.2) is 36.4 Å². The van der Waals surface area contributed by atoms with Crippen LogP contribution in [0.4, 0.5) is 0 Å². The van der Waals surface area contributed by atoms with Crippen molar-refractivity contribution in [2.24, 2.45) is 0 Å². The molecule has 2 heterocycles. The molecule has 1 aromatic rings. The standard InChI is InChI=1S/C18H19ClO4/c1-11-10-16-15(23-16)7-5-3-2-4-6-12-13(19)8-9-14(20)17(12)18(21)22-11/h2-3,5,7-9,11,15-16,20H,4,6,10H2,1H3. The van der Waals surface area contributed by atoms with Gasteiger partial charge in [0.05, 0.1) is 6.10 Å². The van der Waals surface area contributed by atoms with Crippen LogP contribution in [-0.4, -0.2) is 29.4 Å². The number of halogens is 1. The maximum atomic E-state index is 12.5. The molecule has 3 atom stereocenters. The van der Waals surface area contributed by atoms with Crippen molar-refractivity contribution in [2.75, 3.05) is 0 Å². The summed E-state index contributed by atoms with van der Waals surface area (Å²) >= 11 is 6.22. The van der Waals surface area contributed by atoms with Crippen molar-refractivity contribution in [1.82, 2.24) is 0 Å². The molecule has 1 aromatic carbocycles. The van der Waals surface area contributed by atoms with Crippen molar-refractivity contribution < 1.29 is 19.4 Å². The number of phenols is 1. The number of rotatable bonds is 0. The third kappa shape index (κ3) is 3.77. The van der Waals surface area contributed by atoms with Gasteiger partial charge in [0.15, 0.2) is 0 Å². The van der Waals surface area contributed by atoms with E-state index in [9.17, 15) is 9.90 Å². The minimum absolute atomic E-state index is 0.0813. The van der Waals surface area contributed by atoms with E-state index in [4.69, 9.17) is 21.1 Å². The Hall–Kier alpha value is -1.78. The number of epoxide rings is 1. The number of cyclic esters (lactones) is 1. The number of esters is 1. The first-order chi connectivity index (χ1) is 11.1.